The molecular formula is C26H34FN6O8P. The van der Waals surface area contributed by atoms with Crippen molar-refractivity contribution in [1.82, 2.24) is 24.6 Å². The van der Waals surface area contributed by atoms with E-state index in [0.717, 1.165) is 6.54 Å². The van der Waals surface area contributed by atoms with Crippen molar-refractivity contribution in [2.45, 2.75) is 49.4 Å². The lowest BCUT2D eigenvalue weighted by Crippen LogP contribution is -2.49. The molecule has 2 aliphatic heterocycles. The van der Waals surface area contributed by atoms with Crippen molar-refractivity contribution < 1.29 is 42.5 Å². The highest BCUT2D eigenvalue weighted by molar-refractivity contribution is 7.52. The number of esters is 1. The van der Waals surface area contributed by atoms with Crippen LogP contribution in [0, 0.1) is 0 Å². The fourth-order valence-electron chi connectivity index (χ4n) is 5.01. The lowest BCUT2D eigenvalue weighted by Gasteiger charge is -2.31. The number of ether oxygens (including phenoxy) is 2. The summed E-state index contributed by atoms with van der Waals surface area (Å²) in [5, 5.41) is 28.5. The quantitative estimate of drug-likeness (QED) is 0.180. The van der Waals surface area contributed by atoms with Crippen LogP contribution in [0.25, 0.3) is 5.52 Å². The molecule has 0 spiro atoms. The molecule has 228 valence electrons. The number of aliphatic hydroxyl groups is 2. The molecule has 2 aromatic heterocycles. The summed E-state index contributed by atoms with van der Waals surface area (Å²) in [7, 11) is -2.52. The molecule has 0 radical (unpaired) electrons. The Balaban J connectivity index is 1.35. The monoisotopic (exact) mass is 608 g/mol. The predicted octanol–water partition coefficient (Wildman–Crippen LogP) is 1.24. The van der Waals surface area contributed by atoms with Gasteiger partial charge in [-0.2, -0.15) is 10.2 Å². The van der Waals surface area contributed by atoms with Gasteiger partial charge in [-0.3, -0.25) is 9.32 Å². The van der Waals surface area contributed by atoms with Crippen LogP contribution in [0.4, 0.5) is 10.2 Å². The van der Waals surface area contributed by atoms with Crippen LogP contribution >= 0.6 is 7.75 Å². The van der Waals surface area contributed by atoms with E-state index in [2.05, 4.69) is 15.2 Å². The van der Waals surface area contributed by atoms with E-state index in [1.54, 1.807) is 30.3 Å². The van der Waals surface area contributed by atoms with Gasteiger partial charge in [0.15, 0.2) is 5.82 Å². The Kier molecular flexibility index (Phi) is 8.81. The number of rotatable bonds is 11. The average Bonchev–Trinajstić information content (AvgIpc) is 3.65. The summed E-state index contributed by atoms with van der Waals surface area (Å²) in [6.07, 6.45) is -3.12. The molecule has 2 aliphatic rings. The summed E-state index contributed by atoms with van der Waals surface area (Å²) in [6, 6.07) is 10.0. The molecule has 0 saturated carbocycles. The summed E-state index contributed by atoms with van der Waals surface area (Å²) >= 11 is 0. The summed E-state index contributed by atoms with van der Waals surface area (Å²) in [4.78, 5) is 18.7. The molecule has 5 rings (SSSR count). The first-order valence-electron chi connectivity index (χ1n) is 13.4. The minimum atomic E-state index is -4.43. The van der Waals surface area contributed by atoms with Crippen LogP contribution in [-0.2, 0) is 23.4 Å². The Hall–Kier alpha value is -3.17. The molecule has 5 N–H and O–H groups in total. The number of fused-ring (bicyclic) bond motifs is 1. The van der Waals surface area contributed by atoms with Gasteiger partial charge in [0.2, 0.25) is 0 Å². The molecule has 0 aliphatic carbocycles. The van der Waals surface area contributed by atoms with Gasteiger partial charge in [0.05, 0.1) is 12.3 Å². The number of aromatic nitrogens is 3. The number of nitrogen functional groups attached to an aromatic ring is 1. The third kappa shape index (κ3) is 6.13. The van der Waals surface area contributed by atoms with Gasteiger partial charge < -0.3 is 34.8 Å². The third-order valence-corrected chi connectivity index (χ3v) is 8.97. The van der Waals surface area contributed by atoms with E-state index in [1.165, 1.54) is 29.9 Å². The molecule has 0 amide bonds. The maximum absolute atomic E-state index is 14.7. The number of nitrogens with two attached hydrogens (primary N) is 1. The first-order valence-corrected chi connectivity index (χ1v) is 14.9. The number of nitrogens with zero attached hydrogens (tertiary/aromatic N) is 4. The van der Waals surface area contributed by atoms with Crippen LogP contribution in [-0.4, -0.2) is 99.1 Å². The van der Waals surface area contributed by atoms with Crippen LogP contribution in [0.15, 0.2) is 48.8 Å². The van der Waals surface area contributed by atoms with Gasteiger partial charge in [0.25, 0.3) is 0 Å². The minimum Gasteiger partial charge on any atom is -0.460 e. The van der Waals surface area contributed by atoms with Crippen LogP contribution < -0.4 is 15.3 Å². The Morgan fingerprint density at radius 2 is 2.07 bits per heavy atom. The molecular weight excluding hydrogens is 574 g/mol. The average molecular weight is 609 g/mol. The van der Waals surface area contributed by atoms with Crippen molar-refractivity contribution in [3.63, 3.8) is 0 Å². The van der Waals surface area contributed by atoms with Gasteiger partial charge in [0, 0.05) is 13.1 Å². The standard InChI is InChI=1S/C26H34FN6O8P/c1-16(25(36)39-18-10-11-32(2)12-18)31-42(37,41-17-6-4-3-5-7-17)38-14-26(13-27)23(35)21(34)22(40-26)19-8-9-20-24(28)29-15-30-33(19)20/h3-9,15-16,18,21-23,34-35H,10-14H2,1-2H3,(H,31,37)(H2,28,29,30)/t16-,18+,21-,22-,23-,26+,42?/m0/s1. The Morgan fingerprint density at radius 3 is 2.76 bits per heavy atom. The van der Waals surface area contributed by atoms with Crippen molar-refractivity contribution >= 4 is 25.1 Å². The van der Waals surface area contributed by atoms with Crippen molar-refractivity contribution in [3.05, 3.63) is 54.5 Å². The number of anilines is 1. The van der Waals surface area contributed by atoms with Crippen molar-refractivity contribution in [1.29, 1.82) is 0 Å². The summed E-state index contributed by atoms with van der Waals surface area (Å²) in [6.45, 7) is 0.645. The number of benzene rings is 1. The topological polar surface area (TPSA) is 183 Å². The fourth-order valence-corrected chi connectivity index (χ4v) is 6.56. The summed E-state index contributed by atoms with van der Waals surface area (Å²) < 4.78 is 52.7. The number of nitrogens with one attached hydrogen (secondary N) is 1. The maximum Gasteiger partial charge on any atom is 0.459 e. The molecule has 16 heteroatoms. The fraction of sp³-hybridized carbons (Fsp3) is 0.500. The van der Waals surface area contributed by atoms with Gasteiger partial charge in [-0.15, -0.1) is 0 Å². The number of hydrogen-bond acceptors (Lipinski definition) is 12. The number of hydrogen-bond donors (Lipinski definition) is 4. The molecule has 4 heterocycles. The lowest BCUT2D eigenvalue weighted by molar-refractivity contribution is -0.150. The van der Waals surface area contributed by atoms with E-state index in [0.29, 0.717) is 18.5 Å². The second-order valence-electron chi connectivity index (χ2n) is 10.5. The van der Waals surface area contributed by atoms with Gasteiger partial charge in [0.1, 0.15) is 60.3 Å². The summed E-state index contributed by atoms with van der Waals surface area (Å²) in [5.74, 6) is -0.365. The second kappa shape index (κ2) is 12.2. The highest BCUT2D eigenvalue weighted by atomic mass is 31.2. The van der Waals surface area contributed by atoms with Gasteiger partial charge in [-0.1, -0.05) is 18.2 Å². The number of carbonyl (C=O) groups is 1. The molecule has 3 aromatic rings. The number of alkyl halides is 1. The zero-order valence-corrected chi connectivity index (χ0v) is 24.0. The smallest absolute Gasteiger partial charge is 0.459 e. The Bertz CT molecular complexity index is 1450. The molecule has 1 aromatic carbocycles. The number of likely N-dealkylation sites (N-methyl/N-ethyl adjacent to an activating group) is 1. The first kappa shape index (κ1) is 30.3. The lowest BCUT2D eigenvalue weighted by atomic mass is 9.96. The highest BCUT2D eigenvalue weighted by Crippen LogP contribution is 2.48. The van der Waals surface area contributed by atoms with E-state index in [1.807, 2.05) is 11.9 Å². The number of likely N-dealkylation sites (tertiary alicyclic amines) is 1. The first-order chi connectivity index (χ1) is 20.0. The van der Waals surface area contributed by atoms with Crippen molar-refractivity contribution in [2.24, 2.45) is 0 Å². The van der Waals surface area contributed by atoms with Crippen molar-refractivity contribution in [3.8, 4) is 5.75 Å². The largest absolute Gasteiger partial charge is 0.460 e. The normalized spacial score (nSPS) is 28.5. The van der Waals surface area contributed by atoms with E-state index in [9.17, 15) is 24.0 Å². The van der Waals surface area contributed by atoms with E-state index in [-0.39, 0.29) is 23.4 Å². The third-order valence-electron chi connectivity index (χ3n) is 7.35. The zero-order valence-electron chi connectivity index (χ0n) is 23.1. The van der Waals surface area contributed by atoms with E-state index >= 15 is 0 Å². The number of halogens is 1. The predicted molar refractivity (Wildman–Crippen MR) is 147 cm³/mol. The SMILES string of the molecule is C[C@H](NP(=O)(OC[C@@]1(CF)O[C@@H](c2ccc3c(N)ncnn23)[C@H](O)[C@@H]1O)Oc1ccccc1)C(=O)O[C@@H]1CCN(C)C1. The molecule has 1 unspecified atom stereocenters. The van der Waals surface area contributed by atoms with Gasteiger partial charge >= 0.3 is 13.7 Å². The van der Waals surface area contributed by atoms with Crippen LogP contribution in [0.1, 0.15) is 25.1 Å². The van der Waals surface area contributed by atoms with Crippen LogP contribution in [0.3, 0.4) is 0 Å². The molecule has 0 bridgehead atoms. The molecule has 42 heavy (non-hydrogen) atoms. The highest BCUT2D eigenvalue weighted by Gasteiger charge is 2.57. The zero-order chi connectivity index (χ0) is 30.1. The molecule has 2 saturated heterocycles. The summed E-state index contributed by atoms with van der Waals surface area (Å²) in [5.41, 5.74) is 4.43. The molecule has 14 nitrogen and oxygen atoms in total. The van der Waals surface area contributed by atoms with Crippen LogP contribution in [0.2, 0.25) is 0 Å². The molecule has 7 atom stereocenters. The van der Waals surface area contributed by atoms with Crippen molar-refractivity contribution in [2.75, 3.05) is 39.2 Å². The molecule has 2 fully saturated rings. The van der Waals surface area contributed by atoms with E-state index in [4.69, 9.17) is 24.3 Å². The Morgan fingerprint density at radius 1 is 1.31 bits per heavy atom. The number of carbonyl (C=O) groups excluding carboxylic acids is 1. The van der Waals surface area contributed by atoms with Gasteiger partial charge in [-0.25, -0.2) is 18.5 Å². The Labute approximate surface area is 241 Å². The van der Waals surface area contributed by atoms with Gasteiger partial charge in [-0.05, 0) is 44.7 Å². The number of para-hydroxylation sites is 1. The van der Waals surface area contributed by atoms with Crippen LogP contribution in [0.5, 0.6) is 5.75 Å². The second-order valence-corrected chi connectivity index (χ2v) is 12.2. The maximum atomic E-state index is 14.7. The minimum absolute atomic E-state index is 0.142. The van der Waals surface area contributed by atoms with E-state index < -0.39 is 57.0 Å². The number of aliphatic hydroxyl groups excluding tert-OH is 2.